The quantitative estimate of drug-likeness (QED) is 0.797. The highest BCUT2D eigenvalue weighted by Crippen LogP contribution is 2.22. The van der Waals surface area contributed by atoms with Gasteiger partial charge >= 0.3 is 0 Å². The number of hydrogen-bond donors (Lipinski definition) is 1. The minimum absolute atomic E-state index is 0.517. The van der Waals surface area contributed by atoms with Gasteiger partial charge in [-0.15, -0.1) is 0 Å². The zero-order valence-corrected chi connectivity index (χ0v) is 8.81. The zero-order chi connectivity index (χ0) is 10.8. The van der Waals surface area contributed by atoms with E-state index >= 15 is 0 Å². The minimum atomic E-state index is 0.517. The normalized spacial score (nSPS) is 10.5. The fraction of sp³-hybridized carbons (Fsp3) is 0.300. The Morgan fingerprint density at radius 1 is 1.40 bits per heavy atom. The van der Waals surface area contributed by atoms with Gasteiger partial charge in [-0.1, -0.05) is 0 Å². The first-order chi connectivity index (χ1) is 7.24. The molecule has 2 aromatic rings. The van der Waals surface area contributed by atoms with E-state index in [1.54, 1.807) is 6.20 Å². The topological polar surface area (TPSA) is 69.6 Å². The third-order valence-corrected chi connectivity index (χ3v) is 2.38. The average Bonchev–Trinajstić information content (AvgIpc) is 2.70. The van der Waals surface area contributed by atoms with Crippen molar-refractivity contribution in [3.05, 3.63) is 24.2 Å². The van der Waals surface area contributed by atoms with Crippen LogP contribution < -0.4 is 5.73 Å². The van der Waals surface area contributed by atoms with Crippen LogP contribution in [-0.4, -0.2) is 19.7 Å². The van der Waals surface area contributed by atoms with Gasteiger partial charge in [-0.3, -0.25) is 4.68 Å². The molecular weight excluding hydrogens is 190 g/mol. The maximum atomic E-state index is 5.74. The summed E-state index contributed by atoms with van der Waals surface area (Å²) < 4.78 is 1.88. The van der Waals surface area contributed by atoms with Gasteiger partial charge in [0.15, 0.2) is 0 Å². The molecule has 0 aromatic carbocycles. The van der Waals surface area contributed by atoms with E-state index in [0.29, 0.717) is 5.82 Å². The molecule has 0 atom stereocenters. The summed E-state index contributed by atoms with van der Waals surface area (Å²) in [5.41, 5.74) is 8.46. The summed E-state index contributed by atoms with van der Waals surface area (Å²) in [5, 5.41) is 4.20. The molecule has 0 saturated heterocycles. The largest absolute Gasteiger partial charge is 0.383 e. The highest BCUT2D eigenvalue weighted by molar-refractivity contribution is 5.63. The summed E-state index contributed by atoms with van der Waals surface area (Å²) in [6, 6.07) is 1.93. The number of aromatic nitrogens is 4. The van der Waals surface area contributed by atoms with Crippen LogP contribution in [0.25, 0.3) is 11.4 Å². The molecule has 5 heteroatoms. The van der Waals surface area contributed by atoms with Crippen molar-refractivity contribution in [2.75, 3.05) is 5.73 Å². The van der Waals surface area contributed by atoms with E-state index in [-0.39, 0.29) is 0 Å². The van der Waals surface area contributed by atoms with Crippen LogP contribution in [0.3, 0.4) is 0 Å². The molecule has 0 spiro atoms. The van der Waals surface area contributed by atoms with E-state index in [4.69, 9.17) is 5.73 Å². The lowest BCUT2D eigenvalue weighted by atomic mass is 10.2. The molecule has 2 heterocycles. The second-order valence-electron chi connectivity index (χ2n) is 3.26. The molecule has 0 unspecified atom stereocenters. The lowest BCUT2D eigenvalue weighted by Crippen LogP contribution is -2.04. The number of hydrogen-bond acceptors (Lipinski definition) is 4. The summed E-state index contributed by atoms with van der Waals surface area (Å²) in [7, 11) is 0. The SMILES string of the molecule is CCn1nccc1-c1ncnc(N)c1C. The Morgan fingerprint density at radius 2 is 2.20 bits per heavy atom. The number of rotatable bonds is 2. The first-order valence-electron chi connectivity index (χ1n) is 4.83. The van der Waals surface area contributed by atoms with Crippen molar-refractivity contribution in [2.24, 2.45) is 0 Å². The maximum Gasteiger partial charge on any atom is 0.130 e. The van der Waals surface area contributed by atoms with Crippen molar-refractivity contribution in [2.45, 2.75) is 20.4 Å². The van der Waals surface area contributed by atoms with E-state index < -0.39 is 0 Å². The van der Waals surface area contributed by atoms with Gasteiger partial charge in [-0.05, 0) is 19.9 Å². The lowest BCUT2D eigenvalue weighted by molar-refractivity contribution is 0.665. The van der Waals surface area contributed by atoms with E-state index in [1.807, 2.05) is 24.6 Å². The fourth-order valence-electron chi connectivity index (χ4n) is 1.51. The third kappa shape index (κ3) is 1.56. The van der Waals surface area contributed by atoms with E-state index in [0.717, 1.165) is 23.5 Å². The average molecular weight is 203 g/mol. The first-order valence-corrected chi connectivity index (χ1v) is 4.83. The standard InChI is InChI=1S/C10H13N5/c1-3-15-8(4-5-14-15)9-7(2)10(11)13-6-12-9/h4-6H,3H2,1-2H3,(H2,11,12,13). The number of nitrogens with zero attached hydrogens (tertiary/aromatic N) is 4. The van der Waals surface area contributed by atoms with Crippen molar-refractivity contribution >= 4 is 5.82 Å². The molecule has 0 aliphatic rings. The number of aryl methyl sites for hydroxylation is 1. The lowest BCUT2D eigenvalue weighted by Gasteiger charge is -2.07. The van der Waals surface area contributed by atoms with Crippen LogP contribution in [0.5, 0.6) is 0 Å². The Balaban J connectivity index is 2.59. The Hall–Kier alpha value is -1.91. The molecule has 5 nitrogen and oxygen atoms in total. The molecule has 0 bridgehead atoms. The molecule has 2 N–H and O–H groups in total. The van der Waals surface area contributed by atoms with Crippen molar-refractivity contribution in [3.63, 3.8) is 0 Å². The van der Waals surface area contributed by atoms with Gasteiger partial charge in [0.2, 0.25) is 0 Å². The van der Waals surface area contributed by atoms with E-state index in [1.165, 1.54) is 6.33 Å². The summed E-state index contributed by atoms with van der Waals surface area (Å²) >= 11 is 0. The van der Waals surface area contributed by atoms with Gasteiger partial charge in [-0.2, -0.15) is 5.10 Å². The molecule has 0 aliphatic heterocycles. The van der Waals surface area contributed by atoms with Gasteiger partial charge in [-0.25, -0.2) is 9.97 Å². The van der Waals surface area contributed by atoms with Crippen LogP contribution in [0.4, 0.5) is 5.82 Å². The van der Waals surface area contributed by atoms with Crippen LogP contribution in [-0.2, 0) is 6.54 Å². The summed E-state index contributed by atoms with van der Waals surface area (Å²) in [5.74, 6) is 0.517. The number of nitrogens with two attached hydrogens (primary N) is 1. The predicted molar refractivity (Wildman–Crippen MR) is 58.1 cm³/mol. The van der Waals surface area contributed by atoms with Gasteiger partial charge < -0.3 is 5.73 Å². The molecule has 2 rings (SSSR count). The number of anilines is 1. The van der Waals surface area contributed by atoms with Crippen LogP contribution in [0, 0.1) is 6.92 Å². The van der Waals surface area contributed by atoms with Gasteiger partial charge in [0.1, 0.15) is 12.1 Å². The van der Waals surface area contributed by atoms with Crippen LogP contribution in [0.15, 0.2) is 18.6 Å². The Labute approximate surface area is 88.0 Å². The van der Waals surface area contributed by atoms with Crippen molar-refractivity contribution in [1.82, 2.24) is 19.7 Å². The zero-order valence-electron chi connectivity index (χ0n) is 8.81. The fourth-order valence-corrected chi connectivity index (χ4v) is 1.51. The molecule has 0 fully saturated rings. The van der Waals surface area contributed by atoms with E-state index in [9.17, 15) is 0 Å². The third-order valence-electron chi connectivity index (χ3n) is 2.38. The summed E-state index contributed by atoms with van der Waals surface area (Å²) in [6.45, 7) is 4.76. The smallest absolute Gasteiger partial charge is 0.130 e. The van der Waals surface area contributed by atoms with Gasteiger partial charge in [0.25, 0.3) is 0 Å². The summed E-state index contributed by atoms with van der Waals surface area (Å²) in [4.78, 5) is 8.18. The highest BCUT2D eigenvalue weighted by Gasteiger charge is 2.10. The Morgan fingerprint density at radius 3 is 2.93 bits per heavy atom. The van der Waals surface area contributed by atoms with E-state index in [2.05, 4.69) is 15.1 Å². The molecule has 0 saturated carbocycles. The Bertz CT molecular complexity index is 474. The van der Waals surface area contributed by atoms with Crippen molar-refractivity contribution in [1.29, 1.82) is 0 Å². The maximum absolute atomic E-state index is 5.74. The monoisotopic (exact) mass is 203 g/mol. The molecule has 0 radical (unpaired) electrons. The van der Waals surface area contributed by atoms with Crippen molar-refractivity contribution < 1.29 is 0 Å². The second-order valence-corrected chi connectivity index (χ2v) is 3.26. The summed E-state index contributed by atoms with van der Waals surface area (Å²) in [6.07, 6.45) is 3.24. The van der Waals surface area contributed by atoms with Crippen molar-refractivity contribution in [3.8, 4) is 11.4 Å². The molecule has 0 aliphatic carbocycles. The van der Waals surface area contributed by atoms with Gasteiger partial charge in [0, 0.05) is 18.3 Å². The van der Waals surface area contributed by atoms with Crippen LogP contribution in [0.1, 0.15) is 12.5 Å². The van der Waals surface area contributed by atoms with Gasteiger partial charge in [0.05, 0.1) is 11.4 Å². The molecule has 2 aromatic heterocycles. The molecule has 15 heavy (non-hydrogen) atoms. The first kappa shape index (κ1) is 9.64. The second kappa shape index (κ2) is 3.68. The Kier molecular flexibility index (Phi) is 2.37. The number of nitrogen functional groups attached to an aromatic ring is 1. The molecular formula is C10H13N5. The van der Waals surface area contributed by atoms with Crippen LogP contribution in [0.2, 0.25) is 0 Å². The predicted octanol–water partition coefficient (Wildman–Crippen LogP) is 1.25. The van der Waals surface area contributed by atoms with Crippen LogP contribution >= 0.6 is 0 Å². The molecule has 78 valence electrons. The highest BCUT2D eigenvalue weighted by atomic mass is 15.3. The molecule has 0 amide bonds. The minimum Gasteiger partial charge on any atom is -0.383 e.